The lowest BCUT2D eigenvalue weighted by Gasteiger charge is -2.22. The molecule has 0 bridgehead atoms. The standard InChI is InChI=1S/C12H19N3O4/c16-10-7-15(5-1-4-13-10)12(19)14-9-3-2-8(6-9)11(17)18/h8-9H,1-7H2,(H,13,16)(H,14,19)(H,17,18). The molecule has 0 radical (unpaired) electrons. The number of carboxylic acids is 1. The highest BCUT2D eigenvalue weighted by Crippen LogP contribution is 2.25. The van der Waals surface area contributed by atoms with Gasteiger partial charge in [-0.05, 0) is 25.7 Å². The molecule has 0 aromatic heterocycles. The van der Waals surface area contributed by atoms with E-state index in [2.05, 4.69) is 10.6 Å². The lowest BCUT2D eigenvalue weighted by atomic mass is 10.1. The molecule has 1 aliphatic heterocycles. The van der Waals surface area contributed by atoms with Gasteiger partial charge in [0.05, 0.1) is 5.92 Å². The zero-order valence-electron chi connectivity index (χ0n) is 10.7. The Hall–Kier alpha value is -1.79. The number of hydrogen-bond donors (Lipinski definition) is 3. The van der Waals surface area contributed by atoms with Crippen molar-refractivity contribution in [3.63, 3.8) is 0 Å². The highest BCUT2D eigenvalue weighted by Gasteiger charge is 2.31. The summed E-state index contributed by atoms with van der Waals surface area (Å²) in [5.74, 6) is -1.31. The van der Waals surface area contributed by atoms with Crippen LogP contribution < -0.4 is 10.6 Å². The third kappa shape index (κ3) is 3.59. The molecule has 2 fully saturated rings. The summed E-state index contributed by atoms with van der Waals surface area (Å²) in [6, 6.07) is -0.368. The Labute approximate surface area is 111 Å². The molecule has 19 heavy (non-hydrogen) atoms. The average molecular weight is 269 g/mol. The number of rotatable bonds is 2. The van der Waals surface area contributed by atoms with Crippen molar-refractivity contribution in [3.05, 3.63) is 0 Å². The van der Waals surface area contributed by atoms with Crippen LogP contribution in [0.5, 0.6) is 0 Å². The molecule has 1 saturated heterocycles. The van der Waals surface area contributed by atoms with Gasteiger partial charge in [0.15, 0.2) is 0 Å². The minimum Gasteiger partial charge on any atom is -0.481 e. The number of aliphatic carboxylic acids is 1. The molecule has 1 aliphatic carbocycles. The number of amides is 3. The molecule has 2 aliphatic rings. The van der Waals surface area contributed by atoms with Crippen LogP contribution in [0.3, 0.4) is 0 Å². The van der Waals surface area contributed by atoms with E-state index in [1.165, 1.54) is 4.90 Å². The molecule has 2 unspecified atom stereocenters. The molecule has 3 N–H and O–H groups in total. The lowest BCUT2D eigenvalue weighted by molar-refractivity contribution is -0.141. The van der Waals surface area contributed by atoms with Crippen LogP contribution >= 0.6 is 0 Å². The predicted octanol–water partition coefficient (Wildman–Crippen LogP) is -0.229. The molecule has 2 atom stereocenters. The van der Waals surface area contributed by atoms with Gasteiger partial charge < -0.3 is 20.6 Å². The van der Waals surface area contributed by atoms with Gasteiger partial charge in [0.25, 0.3) is 0 Å². The van der Waals surface area contributed by atoms with Crippen molar-refractivity contribution in [2.24, 2.45) is 5.92 Å². The monoisotopic (exact) mass is 269 g/mol. The largest absolute Gasteiger partial charge is 0.481 e. The number of urea groups is 1. The van der Waals surface area contributed by atoms with E-state index in [-0.39, 0.29) is 30.4 Å². The van der Waals surface area contributed by atoms with Gasteiger partial charge in [0.2, 0.25) is 5.91 Å². The summed E-state index contributed by atoms with van der Waals surface area (Å²) in [7, 11) is 0. The molecule has 2 rings (SSSR count). The zero-order chi connectivity index (χ0) is 13.8. The van der Waals surface area contributed by atoms with E-state index >= 15 is 0 Å². The van der Waals surface area contributed by atoms with Crippen molar-refractivity contribution in [2.45, 2.75) is 31.7 Å². The number of hydrogen-bond acceptors (Lipinski definition) is 3. The van der Waals surface area contributed by atoms with E-state index < -0.39 is 5.97 Å². The quantitative estimate of drug-likeness (QED) is 0.645. The summed E-state index contributed by atoms with van der Waals surface area (Å²) in [4.78, 5) is 35.7. The Balaban J connectivity index is 1.83. The predicted molar refractivity (Wildman–Crippen MR) is 66.5 cm³/mol. The normalized spacial score (nSPS) is 27.6. The van der Waals surface area contributed by atoms with Crippen molar-refractivity contribution < 1.29 is 19.5 Å². The summed E-state index contributed by atoms with van der Waals surface area (Å²) < 4.78 is 0. The number of carbonyl (C=O) groups excluding carboxylic acids is 2. The highest BCUT2D eigenvalue weighted by molar-refractivity contribution is 5.84. The van der Waals surface area contributed by atoms with Gasteiger partial charge in [-0.2, -0.15) is 0 Å². The first kappa shape index (κ1) is 13.6. The molecule has 1 saturated carbocycles. The fourth-order valence-corrected chi connectivity index (χ4v) is 2.58. The maximum Gasteiger partial charge on any atom is 0.318 e. The maximum atomic E-state index is 12.0. The van der Waals surface area contributed by atoms with Crippen LogP contribution in [-0.4, -0.2) is 53.6 Å². The molecule has 7 nitrogen and oxygen atoms in total. The highest BCUT2D eigenvalue weighted by atomic mass is 16.4. The van der Waals surface area contributed by atoms with Crippen LogP contribution in [0.25, 0.3) is 0 Å². The molecule has 0 aromatic carbocycles. The summed E-state index contributed by atoms with van der Waals surface area (Å²) in [5.41, 5.74) is 0. The van der Waals surface area contributed by atoms with Gasteiger partial charge >= 0.3 is 12.0 Å². The second-order valence-corrected chi connectivity index (χ2v) is 5.12. The molecule has 1 heterocycles. The number of nitrogens with one attached hydrogen (secondary N) is 2. The van der Waals surface area contributed by atoms with Crippen LogP contribution in [0.15, 0.2) is 0 Å². The number of nitrogens with zero attached hydrogens (tertiary/aromatic N) is 1. The minimum absolute atomic E-state index is 0.0703. The average Bonchev–Trinajstić information content (AvgIpc) is 2.71. The third-order valence-corrected chi connectivity index (χ3v) is 3.66. The molecule has 0 aromatic rings. The fraction of sp³-hybridized carbons (Fsp3) is 0.750. The van der Waals surface area contributed by atoms with Gasteiger partial charge in [-0.1, -0.05) is 0 Å². The van der Waals surface area contributed by atoms with Gasteiger partial charge in [0.1, 0.15) is 6.54 Å². The maximum absolute atomic E-state index is 12.0. The Morgan fingerprint density at radius 1 is 1.37 bits per heavy atom. The summed E-state index contributed by atoms with van der Waals surface area (Å²) >= 11 is 0. The first-order valence-corrected chi connectivity index (χ1v) is 6.61. The van der Waals surface area contributed by atoms with E-state index in [4.69, 9.17) is 5.11 Å². The van der Waals surface area contributed by atoms with Crippen molar-refractivity contribution in [2.75, 3.05) is 19.6 Å². The van der Waals surface area contributed by atoms with Crippen molar-refractivity contribution in [1.29, 1.82) is 0 Å². The molecular weight excluding hydrogens is 250 g/mol. The van der Waals surface area contributed by atoms with Crippen molar-refractivity contribution >= 4 is 17.9 Å². The first-order valence-electron chi connectivity index (χ1n) is 6.61. The topological polar surface area (TPSA) is 98.7 Å². The summed E-state index contributed by atoms with van der Waals surface area (Å²) in [6.45, 7) is 1.20. The smallest absolute Gasteiger partial charge is 0.318 e. The van der Waals surface area contributed by atoms with Crippen LogP contribution in [0.4, 0.5) is 4.79 Å². The van der Waals surface area contributed by atoms with E-state index in [1.54, 1.807) is 0 Å². The summed E-state index contributed by atoms with van der Waals surface area (Å²) in [5, 5.41) is 14.4. The molecule has 7 heteroatoms. The van der Waals surface area contributed by atoms with Crippen molar-refractivity contribution in [3.8, 4) is 0 Å². The lowest BCUT2D eigenvalue weighted by Crippen LogP contribution is -2.46. The fourth-order valence-electron chi connectivity index (χ4n) is 2.58. The third-order valence-electron chi connectivity index (χ3n) is 3.66. The van der Waals surface area contributed by atoms with E-state index in [0.717, 1.165) is 6.42 Å². The first-order chi connectivity index (χ1) is 9.06. The second kappa shape index (κ2) is 5.90. The Bertz CT molecular complexity index is 385. The van der Waals surface area contributed by atoms with E-state index in [9.17, 15) is 14.4 Å². The van der Waals surface area contributed by atoms with E-state index in [0.29, 0.717) is 32.4 Å². The molecule has 3 amide bonds. The molecule has 106 valence electrons. The number of carboxylic acid groups (broad SMARTS) is 1. The van der Waals surface area contributed by atoms with Crippen LogP contribution in [0.2, 0.25) is 0 Å². The van der Waals surface area contributed by atoms with Gasteiger partial charge in [-0.15, -0.1) is 0 Å². The Kier molecular flexibility index (Phi) is 4.24. The van der Waals surface area contributed by atoms with Gasteiger partial charge in [-0.25, -0.2) is 4.79 Å². The van der Waals surface area contributed by atoms with Crippen LogP contribution in [0.1, 0.15) is 25.7 Å². The number of carbonyl (C=O) groups is 3. The van der Waals surface area contributed by atoms with Gasteiger partial charge in [0, 0.05) is 19.1 Å². The van der Waals surface area contributed by atoms with Crippen LogP contribution in [0, 0.1) is 5.92 Å². The SMILES string of the molecule is O=C1CN(C(=O)NC2CCC(C(=O)O)C2)CCCN1. The molecule has 0 spiro atoms. The Morgan fingerprint density at radius 2 is 2.16 bits per heavy atom. The summed E-state index contributed by atoms with van der Waals surface area (Å²) in [6.07, 6.45) is 2.49. The van der Waals surface area contributed by atoms with Crippen molar-refractivity contribution in [1.82, 2.24) is 15.5 Å². The van der Waals surface area contributed by atoms with Gasteiger partial charge in [-0.3, -0.25) is 9.59 Å². The minimum atomic E-state index is -0.800. The Morgan fingerprint density at radius 3 is 2.84 bits per heavy atom. The molecular formula is C12H19N3O4. The second-order valence-electron chi connectivity index (χ2n) is 5.12. The zero-order valence-corrected chi connectivity index (χ0v) is 10.7. The van der Waals surface area contributed by atoms with Crippen LogP contribution in [-0.2, 0) is 9.59 Å². The van der Waals surface area contributed by atoms with E-state index in [1.807, 2.05) is 0 Å².